The summed E-state index contributed by atoms with van der Waals surface area (Å²) in [6.45, 7) is 2.32. The average Bonchev–Trinajstić information content (AvgIpc) is 3.03. The number of hydrogen-bond donors (Lipinski definition) is 2. The summed E-state index contributed by atoms with van der Waals surface area (Å²) < 4.78 is 1.97. The van der Waals surface area contributed by atoms with Gasteiger partial charge >= 0.3 is 0 Å². The summed E-state index contributed by atoms with van der Waals surface area (Å²) in [5.74, 6) is -0.0152. The zero-order valence-electron chi connectivity index (χ0n) is 10.9. The predicted molar refractivity (Wildman–Crippen MR) is 73.6 cm³/mol. The van der Waals surface area contributed by atoms with Gasteiger partial charge in [-0.1, -0.05) is 6.07 Å². The number of nitrogens with zero attached hydrogens (tertiary/aromatic N) is 1. The third-order valence-corrected chi connectivity index (χ3v) is 3.45. The van der Waals surface area contributed by atoms with Crippen molar-refractivity contribution >= 4 is 5.91 Å². The zero-order valence-corrected chi connectivity index (χ0v) is 10.9. The van der Waals surface area contributed by atoms with Crippen molar-refractivity contribution in [1.29, 1.82) is 0 Å². The van der Waals surface area contributed by atoms with E-state index in [-0.39, 0.29) is 5.91 Å². The van der Waals surface area contributed by atoms with Gasteiger partial charge in [0, 0.05) is 44.6 Å². The van der Waals surface area contributed by atoms with Crippen molar-refractivity contribution in [3.63, 3.8) is 0 Å². The van der Waals surface area contributed by atoms with E-state index in [9.17, 15) is 4.79 Å². The van der Waals surface area contributed by atoms with Crippen LogP contribution in [0, 0.1) is 0 Å². The van der Waals surface area contributed by atoms with Crippen molar-refractivity contribution in [3.8, 4) is 0 Å². The summed E-state index contributed by atoms with van der Waals surface area (Å²) in [6.07, 6.45) is 3.98. The van der Waals surface area contributed by atoms with E-state index < -0.39 is 0 Å². The monoisotopic (exact) mass is 255 g/mol. The number of aromatic nitrogens is 1. The van der Waals surface area contributed by atoms with Gasteiger partial charge in [0.15, 0.2) is 0 Å². The van der Waals surface area contributed by atoms with E-state index in [4.69, 9.17) is 0 Å². The van der Waals surface area contributed by atoms with Gasteiger partial charge in [0.25, 0.3) is 5.91 Å². The minimum Gasteiger partial charge on any atom is -0.357 e. The molecule has 1 aromatic carbocycles. The molecule has 19 heavy (non-hydrogen) atoms. The molecule has 0 bridgehead atoms. The number of nitrogens with one attached hydrogen (secondary N) is 2. The Morgan fingerprint density at radius 3 is 2.95 bits per heavy atom. The molecule has 0 saturated heterocycles. The number of fused-ring (bicyclic) bond motifs is 1. The highest BCUT2D eigenvalue weighted by atomic mass is 16.1. The van der Waals surface area contributed by atoms with Gasteiger partial charge in [-0.2, -0.15) is 0 Å². The van der Waals surface area contributed by atoms with Crippen molar-refractivity contribution in [1.82, 2.24) is 15.2 Å². The highest BCUT2D eigenvalue weighted by Crippen LogP contribution is 2.17. The van der Waals surface area contributed by atoms with Crippen LogP contribution in [0.4, 0.5) is 0 Å². The fraction of sp³-hybridized carbons (Fsp3) is 0.267. The van der Waals surface area contributed by atoms with Gasteiger partial charge < -0.3 is 15.2 Å². The molecular formula is C15H17N3O. The molecule has 1 aliphatic rings. The van der Waals surface area contributed by atoms with Gasteiger partial charge in [0.05, 0.1) is 0 Å². The third-order valence-electron chi connectivity index (χ3n) is 3.45. The summed E-state index contributed by atoms with van der Waals surface area (Å²) in [7, 11) is 1.97. The van der Waals surface area contributed by atoms with Gasteiger partial charge in [-0.25, -0.2) is 0 Å². The lowest BCUT2D eigenvalue weighted by atomic mass is 10.1. The molecule has 0 atom stereocenters. The normalized spacial score (nSPS) is 13.3. The van der Waals surface area contributed by atoms with Crippen LogP contribution in [0.1, 0.15) is 27.0 Å². The number of benzene rings is 1. The maximum atomic E-state index is 12.1. The van der Waals surface area contributed by atoms with E-state index in [1.54, 1.807) is 0 Å². The van der Waals surface area contributed by atoms with Crippen LogP contribution in [-0.2, 0) is 26.7 Å². The Morgan fingerprint density at radius 1 is 1.32 bits per heavy atom. The molecule has 4 nitrogen and oxygen atoms in total. The molecule has 0 saturated carbocycles. The second-order valence-electron chi connectivity index (χ2n) is 4.95. The first-order valence-electron chi connectivity index (χ1n) is 6.44. The Hall–Kier alpha value is -2.07. The topological polar surface area (TPSA) is 46.1 Å². The summed E-state index contributed by atoms with van der Waals surface area (Å²) in [5, 5.41) is 6.23. The lowest BCUT2D eigenvalue weighted by Crippen LogP contribution is -2.22. The van der Waals surface area contributed by atoms with E-state index >= 15 is 0 Å². The SMILES string of the molecule is Cn1ccc(CNC(=O)c2ccc3c(c2)CNC3)c1. The van der Waals surface area contributed by atoms with Crippen LogP contribution < -0.4 is 10.6 Å². The van der Waals surface area contributed by atoms with Crippen molar-refractivity contribution in [2.24, 2.45) is 7.05 Å². The van der Waals surface area contributed by atoms with Crippen LogP contribution in [-0.4, -0.2) is 10.5 Å². The number of hydrogen-bond acceptors (Lipinski definition) is 2. The fourth-order valence-electron chi connectivity index (χ4n) is 2.39. The minimum absolute atomic E-state index is 0.0152. The van der Waals surface area contributed by atoms with Gasteiger partial charge in [-0.05, 0) is 34.9 Å². The number of rotatable bonds is 3. The Morgan fingerprint density at radius 2 is 2.16 bits per heavy atom. The third kappa shape index (κ3) is 2.53. The van der Waals surface area contributed by atoms with Crippen LogP contribution >= 0.6 is 0 Å². The zero-order chi connectivity index (χ0) is 13.2. The number of amides is 1. The number of carbonyl (C=O) groups is 1. The molecular weight excluding hydrogens is 238 g/mol. The highest BCUT2D eigenvalue weighted by molar-refractivity contribution is 5.94. The Kier molecular flexibility index (Phi) is 3.09. The van der Waals surface area contributed by atoms with Crippen LogP contribution in [0.2, 0.25) is 0 Å². The quantitative estimate of drug-likeness (QED) is 0.874. The van der Waals surface area contributed by atoms with Crippen LogP contribution in [0.5, 0.6) is 0 Å². The number of carbonyl (C=O) groups excluding carboxylic acids is 1. The first-order chi connectivity index (χ1) is 9.22. The lowest BCUT2D eigenvalue weighted by Gasteiger charge is -2.06. The summed E-state index contributed by atoms with van der Waals surface area (Å²) in [5.41, 5.74) is 4.36. The largest absolute Gasteiger partial charge is 0.357 e. The van der Waals surface area contributed by atoms with Gasteiger partial charge in [-0.3, -0.25) is 4.79 Å². The molecule has 1 aromatic heterocycles. The van der Waals surface area contributed by atoms with E-state index in [1.165, 1.54) is 11.1 Å². The Labute approximate surface area is 112 Å². The molecule has 0 fully saturated rings. The Bertz CT molecular complexity index is 616. The highest BCUT2D eigenvalue weighted by Gasteiger charge is 2.13. The van der Waals surface area contributed by atoms with Crippen molar-refractivity contribution in [2.75, 3.05) is 0 Å². The minimum atomic E-state index is -0.0152. The molecule has 2 heterocycles. The van der Waals surface area contributed by atoms with Gasteiger partial charge in [0.2, 0.25) is 0 Å². The Balaban J connectivity index is 1.67. The first kappa shape index (κ1) is 12.0. The van der Waals surface area contributed by atoms with Crippen LogP contribution in [0.15, 0.2) is 36.7 Å². The van der Waals surface area contributed by atoms with E-state index in [0.717, 1.165) is 24.2 Å². The molecule has 0 spiro atoms. The molecule has 2 N–H and O–H groups in total. The lowest BCUT2D eigenvalue weighted by molar-refractivity contribution is 0.0951. The van der Waals surface area contributed by atoms with Crippen molar-refractivity contribution < 1.29 is 4.79 Å². The predicted octanol–water partition coefficient (Wildman–Crippen LogP) is 1.56. The molecule has 3 rings (SSSR count). The maximum Gasteiger partial charge on any atom is 0.251 e. The fourth-order valence-corrected chi connectivity index (χ4v) is 2.39. The maximum absolute atomic E-state index is 12.1. The molecule has 4 heteroatoms. The molecule has 1 aliphatic heterocycles. The van der Waals surface area contributed by atoms with E-state index in [0.29, 0.717) is 6.54 Å². The number of aryl methyl sites for hydroxylation is 1. The molecule has 0 radical (unpaired) electrons. The summed E-state index contributed by atoms with van der Waals surface area (Å²) in [6, 6.07) is 7.92. The smallest absolute Gasteiger partial charge is 0.251 e. The van der Waals surface area contributed by atoms with Gasteiger partial charge in [0.1, 0.15) is 0 Å². The molecule has 1 amide bonds. The van der Waals surface area contributed by atoms with Crippen molar-refractivity contribution in [2.45, 2.75) is 19.6 Å². The van der Waals surface area contributed by atoms with Crippen LogP contribution in [0.3, 0.4) is 0 Å². The first-order valence-corrected chi connectivity index (χ1v) is 6.44. The second kappa shape index (κ2) is 4.90. The van der Waals surface area contributed by atoms with Crippen LogP contribution in [0.25, 0.3) is 0 Å². The molecule has 2 aromatic rings. The van der Waals surface area contributed by atoms with Gasteiger partial charge in [-0.15, -0.1) is 0 Å². The van der Waals surface area contributed by atoms with E-state index in [2.05, 4.69) is 10.6 Å². The summed E-state index contributed by atoms with van der Waals surface area (Å²) in [4.78, 5) is 12.1. The standard InChI is InChI=1S/C15H17N3O/c1-18-5-4-11(10-18)7-17-15(19)12-2-3-13-8-16-9-14(13)6-12/h2-6,10,16H,7-9H2,1H3,(H,17,19). The van der Waals surface area contributed by atoms with Crippen molar-refractivity contribution in [3.05, 3.63) is 58.9 Å². The van der Waals surface area contributed by atoms with E-state index in [1.807, 2.05) is 48.3 Å². The summed E-state index contributed by atoms with van der Waals surface area (Å²) >= 11 is 0. The molecule has 0 unspecified atom stereocenters. The second-order valence-corrected chi connectivity index (χ2v) is 4.95. The molecule has 98 valence electrons. The average molecular weight is 255 g/mol. The molecule has 0 aliphatic carbocycles.